The molecule has 0 bridgehead atoms. The maximum Gasteiger partial charge on any atom is 0.226 e. The van der Waals surface area contributed by atoms with Gasteiger partial charge in [0, 0.05) is 17.4 Å². The lowest BCUT2D eigenvalue weighted by atomic mass is 10.1. The molecule has 2 unspecified atom stereocenters. The first-order chi connectivity index (χ1) is 14.1. The first-order valence-corrected chi connectivity index (χ1v) is 10.6. The summed E-state index contributed by atoms with van der Waals surface area (Å²) in [4.78, 5) is 4.58. The van der Waals surface area contributed by atoms with Crippen molar-refractivity contribution in [1.82, 2.24) is 4.98 Å². The number of rotatable bonds is 10. The van der Waals surface area contributed by atoms with Gasteiger partial charge in [-0.15, -0.1) is 0 Å². The molecule has 154 valence electrons. The van der Waals surface area contributed by atoms with Crippen LogP contribution in [0.15, 0.2) is 59.0 Å². The van der Waals surface area contributed by atoms with Gasteiger partial charge in [0.15, 0.2) is 0 Å². The van der Waals surface area contributed by atoms with E-state index in [2.05, 4.69) is 36.7 Å². The largest absolute Gasteiger partial charge is 0.487 e. The van der Waals surface area contributed by atoms with Crippen molar-refractivity contribution in [2.45, 2.75) is 51.6 Å². The van der Waals surface area contributed by atoms with Gasteiger partial charge < -0.3 is 13.9 Å². The Labute approximate surface area is 178 Å². The fourth-order valence-electron chi connectivity index (χ4n) is 3.09. The topological polar surface area (TPSA) is 44.5 Å². The summed E-state index contributed by atoms with van der Waals surface area (Å²) in [5, 5.41) is 0.236. The van der Waals surface area contributed by atoms with Gasteiger partial charge in [-0.3, -0.25) is 0 Å². The Morgan fingerprint density at radius 2 is 1.79 bits per heavy atom. The standard InChI is InChI=1S/C24H29NO3S/c1-4-26-18(3)23(29)15-12-19-10-13-21(14-11-19)27-16-22-17(2)28-24(25-22)20-8-6-5-7-9-20/h5-11,13-14,18,23,29H,4,12,15-16H2,1-3H3. The van der Waals surface area contributed by atoms with Gasteiger partial charge in [-0.1, -0.05) is 30.3 Å². The molecule has 1 heterocycles. The molecule has 5 heteroatoms. The smallest absolute Gasteiger partial charge is 0.226 e. The van der Waals surface area contributed by atoms with E-state index < -0.39 is 0 Å². The SMILES string of the molecule is CCOC(C)C(S)CCc1ccc(OCc2nc(-c3ccccc3)oc2C)cc1. The van der Waals surface area contributed by atoms with Crippen LogP contribution in [-0.4, -0.2) is 22.9 Å². The van der Waals surface area contributed by atoms with E-state index in [4.69, 9.17) is 13.9 Å². The highest BCUT2D eigenvalue weighted by Gasteiger charge is 2.14. The number of aryl methyl sites for hydroxylation is 2. The number of hydrogen-bond donors (Lipinski definition) is 1. The second-order valence-corrected chi connectivity index (χ2v) is 7.75. The van der Waals surface area contributed by atoms with Crippen molar-refractivity contribution in [3.8, 4) is 17.2 Å². The van der Waals surface area contributed by atoms with Crippen LogP contribution in [0.2, 0.25) is 0 Å². The lowest BCUT2D eigenvalue weighted by Gasteiger charge is -2.19. The lowest BCUT2D eigenvalue weighted by Crippen LogP contribution is -2.21. The highest BCUT2D eigenvalue weighted by atomic mass is 32.1. The minimum Gasteiger partial charge on any atom is -0.487 e. The molecule has 2 aromatic carbocycles. The molecule has 29 heavy (non-hydrogen) atoms. The van der Waals surface area contributed by atoms with Gasteiger partial charge in [-0.05, 0) is 63.4 Å². The van der Waals surface area contributed by atoms with E-state index in [-0.39, 0.29) is 11.4 Å². The lowest BCUT2D eigenvalue weighted by molar-refractivity contribution is 0.0736. The zero-order valence-corrected chi connectivity index (χ0v) is 18.2. The number of benzene rings is 2. The van der Waals surface area contributed by atoms with E-state index in [1.807, 2.05) is 56.3 Å². The van der Waals surface area contributed by atoms with Gasteiger partial charge >= 0.3 is 0 Å². The van der Waals surface area contributed by atoms with E-state index >= 15 is 0 Å². The Kier molecular flexibility index (Phi) is 7.78. The van der Waals surface area contributed by atoms with Gasteiger partial charge in [0.2, 0.25) is 5.89 Å². The highest BCUT2D eigenvalue weighted by Crippen LogP contribution is 2.23. The Bertz CT molecular complexity index is 877. The molecule has 0 aliphatic rings. The summed E-state index contributed by atoms with van der Waals surface area (Å²) in [6, 6.07) is 18.1. The number of oxazole rings is 1. The molecule has 3 rings (SSSR count). The van der Waals surface area contributed by atoms with E-state index in [1.165, 1.54) is 5.56 Å². The highest BCUT2D eigenvalue weighted by molar-refractivity contribution is 7.81. The molecule has 0 amide bonds. The first kappa shape index (κ1) is 21.5. The van der Waals surface area contributed by atoms with Crippen LogP contribution in [0.4, 0.5) is 0 Å². The van der Waals surface area contributed by atoms with Crippen molar-refractivity contribution in [1.29, 1.82) is 0 Å². The van der Waals surface area contributed by atoms with E-state index in [1.54, 1.807) is 0 Å². The van der Waals surface area contributed by atoms with Crippen LogP contribution in [0.3, 0.4) is 0 Å². The van der Waals surface area contributed by atoms with Crippen molar-refractivity contribution in [2.24, 2.45) is 0 Å². The minimum absolute atomic E-state index is 0.164. The molecule has 1 aromatic heterocycles. The van der Waals surface area contributed by atoms with E-state index in [9.17, 15) is 0 Å². The zero-order chi connectivity index (χ0) is 20.6. The monoisotopic (exact) mass is 411 g/mol. The molecule has 0 fully saturated rings. The minimum atomic E-state index is 0.164. The quantitative estimate of drug-likeness (QED) is 0.423. The maximum atomic E-state index is 5.92. The third-order valence-electron chi connectivity index (χ3n) is 4.91. The van der Waals surface area contributed by atoms with Gasteiger partial charge in [0.25, 0.3) is 0 Å². The molecule has 2 atom stereocenters. The first-order valence-electron chi connectivity index (χ1n) is 10.1. The van der Waals surface area contributed by atoms with Gasteiger partial charge in [0.05, 0.1) is 6.10 Å². The molecular weight excluding hydrogens is 382 g/mol. The van der Waals surface area contributed by atoms with Crippen molar-refractivity contribution in [3.05, 3.63) is 71.6 Å². The Balaban J connectivity index is 1.52. The third-order valence-corrected chi connectivity index (χ3v) is 5.59. The van der Waals surface area contributed by atoms with Gasteiger partial charge in [-0.25, -0.2) is 4.98 Å². The summed E-state index contributed by atoms with van der Waals surface area (Å²) < 4.78 is 17.3. The van der Waals surface area contributed by atoms with Crippen molar-refractivity contribution in [3.63, 3.8) is 0 Å². The van der Waals surface area contributed by atoms with Crippen molar-refractivity contribution in [2.75, 3.05) is 6.61 Å². The summed E-state index contributed by atoms with van der Waals surface area (Å²) >= 11 is 4.66. The number of hydrogen-bond acceptors (Lipinski definition) is 5. The predicted octanol–water partition coefficient (Wildman–Crippen LogP) is 5.89. The summed E-state index contributed by atoms with van der Waals surface area (Å²) in [6.07, 6.45) is 2.11. The summed E-state index contributed by atoms with van der Waals surface area (Å²) in [7, 11) is 0. The van der Waals surface area contributed by atoms with Crippen LogP contribution in [0.1, 0.15) is 37.3 Å². The number of thiol groups is 1. The molecule has 0 radical (unpaired) electrons. The normalized spacial score (nSPS) is 13.2. The number of nitrogens with zero attached hydrogens (tertiary/aromatic N) is 1. The molecule has 0 N–H and O–H groups in total. The Morgan fingerprint density at radius 3 is 2.48 bits per heavy atom. The van der Waals surface area contributed by atoms with E-state index in [0.717, 1.165) is 42.2 Å². The van der Waals surface area contributed by atoms with Crippen LogP contribution in [0, 0.1) is 6.92 Å². The van der Waals surface area contributed by atoms with Crippen LogP contribution in [-0.2, 0) is 17.8 Å². The Morgan fingerprint density at radius 1 is 1.07 bits per heavy atom. The van der Waals surface area contributed by atoms with Crippen LogP contribution in [0.5, 0.6) is 5.75 Å². The fraction of sp³-hybridized carbons (Fsp3) is 0.375. The van der Waals surface area contributed by atoms with Crippen molar-refractivity contribution >= 4 is 12.6 Å². The molecular formula is C24H29NO3S. The summed E-state index contributed by atoms with van der Waals surface area (Å²) in [5.41, 5.74) is 3.05. The average Bonchev–Trinajstić information content (AvgIpc) is 3.12. The zero-order valence-electron chi connectivity index (χ0n) is 17.3. The average molecular weight is 412 g/mol. The second kappa shape index (κ2) is 10.5. The maximum absolute atomic E-state index is 5.92. The third kappa shape index (κ3) is 6.12. The van der Waals surface area contributed by atoms with Crippen LogP contribution >= 0.6 is 12.6 Å². The summed E-state index contributed by atoms with van der Waals surface area (Å²) in [6.45, 7) is 7.11. The molecule has 0 aliphatic carbocycles. The summed E-state index contributed by atoms with van der Waals surface area (Å²) in [5.74, 6) is 2.23. The van der Waals surface area contributed by atoms with Crippen LogP contribution < -0.4 is 4.74 Å². The van der Waals surface area contributed by atoms with Crippen LogP contribution in [0.25, 0.3) is 11.5 Å². The van der Waals surface area contributed by atoms with Crippen molar-refractivity contribution < 1.29 is 13.9 Å². The Hall–Kier alpha value is -2.24. The van der Waals surface area contributed by atoms with Gasteiger partial charge in [-0.2, -0.15) is 12.6 Å². The van der Waals surface area contributed by atoms with Gasteiger partial charge in [0.1, 0.15) is 23.8 Å². The molecule has 0 saturated heterocycles. The molecule has 3 aromatic rings. The fourth-order valence-corrected chi connectivity index (χ4v) is 3.31. The second-order valence-electron chi connectivity index (χ2n) is 7.09. The molecule has 4 nitrogen and oxygen atoms in total. The molecule has 0 saturated carbocycles. The molecule has 0 aliphatic heterocycles. The number of ether oxygens (including phenoxy) is 2. The predicted molar refractivity (Wildman–Crippen MR) is 120 cm³/mol. The molecule has 0 spiro atoms. The number of aromatic nitrogens is 1. The van der Waals surface area contributed by atoms with E-state index in [0.29, 0.717) is 12.5 Å².